The summed E-state index contributed by atoms with van der Waals surface area (Å²) in [5, 5.41) is 3.47. The fourth-order valence-corrected chi connectivity index (χ4v) is 3.76. The maximum Gasteiger partial charge on any atom is 0.193 e. The number of nitrogens with one attached hydrogen (secondary N) is 1. The molecule has 142 valence electrons. The third-order valence-electron chi connectivity index (χ3n) is 5.30. The number of benzene rings is 1. The lowest BCUT2D eigenvalue weighted by atomic mass is 10.1. The molecule has 1 atom stereocenters. The van der Waals surface area contributed by atoms with E-state index in [0.29, 0.717) is 6.04 Å². The monoisotopic (exact) mass is 356 g/mol. The van der Waals surface area contributed by atoms with Crippen molar-refractivity contribution >= 4 is 5.96 Å². The van der Waals surface area contributed by atoms with E-state index in [4.69, 9.17) is 9.73 Å². The molecule has 0 aliphatic carbocycles. The van der Waals surface area contributed by atoms with E-state index in [1.54, 1.807) is 7.11 Å². The van der Waals surface area contributed by atoms with Crippen LogP contribution in [0.15, 0.2) is 35.3 Å². The van der Waals surface area contributed by atoms with Crippen LogP contribution in [-0.4, -0.2) is 68.2 Å². The highest BCUT2D eigenvalue weighted by atomic mass is 16.5. The molecule has 1 fully saturated rings. The Bertz CT molecular complexity index is 647. The molecule has 1 unspecified atom stereocenters. The summed E-state index contributed by atoms with van der Waals surface area (Å²) in [6, 6.07) is 7.07. The highest BCUT2D eigenvalue weighted by molar-refractivity contribution is 5.80. The summed E-state index contributed by atoms with van der Waals surface area (Å²) in [6.07, 6.45) is 6.70. The molecule has 26 heavy (non-hydrogen) atoms. The quantitative estimate of drug-likeness (QED) is 0.483. The van der Waals surface area contributed by atoms with Crippen molar-refractivity contribution in [3.63, 3.8) is 0 Å². The number of nitrogens with zero attached hydrogens (tertiary/aromatic N) is 3. The summed E-state index contributed by atoms with van der Waals surface area (Å²) >= 11 is 0. The number of ether oxygens (including phenoxy) is 1. The van der Waals surface area contributed by atoms with Gasteiger partial charge in [0, 0.05) is 45.3 Å². The Morgan fingerprint density at radius 1 is 1.31 bits per heavy atom. The summed E-state index contributed by atoms with van der Waals surface area (Å²) in [6.45, 7) is 10.3. The fraction of sp³-hybridized carbons (Fsp3) is 0.571. The zero-order chi connectivity index (χ0) is 18.4. The molecule has 0 saturated carbocycles. The maximum absolute atomic E-state index is 5.43. The van der Waals surface area contributed by atoms with Crippen LogP contribution < -0.4 is 10.1 Å². The van der Waals surface area contributed by atoms with Crippen LogP contribution in [-0.2, 0) is 6.42 Å². The zero-order valence-corrected chi connectivity index (χ0v) is 16.4. The van der Waals surface area contributed by atoms with Gasteiger partial charge in [-0.25, -0.2) is 0 Å². The largest absolute Gasteiger partial charge is 0.496 e. The first kappa shape index (κ1) is 18.8. The van der Waals surface area contributed by atoms with E-state index in [1.807, 2.05) is 0 Å². The lowest BCUT2D eigenvalue weighted by Gasteiger charge is -2.25. The van der Waals surface area contributed by atoms with E-state index < -0.39 is 0 Å². The molecule has 2 heterocycles. The molecule has 0 spiro atoms. The van der Waals surface area contributed by atoms with E-state index >= 15 is 0 Å². The molecule has 1 aromatic rings. The second kappa shape index (κ2) is 9.08. The van der Waals surface area contributed by atoms with E-state index in [9.17, 15) is 0 Å². The van der Waals surface area contributed by atoms with E-state index in [2.05, 4.69) is 59.3 Å². The molecule has 5 heteroatoms. The van der Waals surface area contributed by atoms with Gasteiger partial charge in [-0.1, -0.05) is 24.3 Å². The normalized spacial score (nSPS) is 20.8. The van der Waals surface area contributed by atoms with Crippen LogP contribution in [0.4, 0.5) is 0 Å². The summed E-state index contributed by atoms with van der Waals surface area (Å²) in [5.41, 5.74) is 2.45. The van der Waals surface area contributed by atoms with Crippen molar-refractivity contribution in [3.8, 4) is 5.75 Å². The summed E-state index contributed by atoms with van der Waals surface area (Å²) in [4.78, 5) is 9.86. The standard InChI is InChI=1S/C21H32N4O/c1-4-22-21(25-14-10-19(16-25)24-12-5-6-13-24)23-11-9-18-8-7-17(2)20(15-18)26-3/h5-8,15,19H,4,9-14,16H2,1-3H3,(H,22,23). The number of aryl methyl sites for hydroxylation is 1. The number of rotatable bonds is 6. The molecule has 2 aliphatic rings. The minimum Gasteiger partial charge on any atom is -0.496 e. The van der Waals surface area contributed by atoms with Gasteiger partial charge in [-0.15, -0.1) is 0 Å². The minimum atomic E-state index is 0.648. The number of aliphatic imine (C=N–C) groups is 1. The maximum atomic E-state index is 5.43. The van der Waals surface area contributed by atoms with Crippen LogP contribution in [0.25, 0.3) is 0 Å². The predicted octanol–water partition coefficient (Wildman–Crippen LogP) is 2.46. The van der Waals surface area contributed by atoms with Gasteiger partial charge in [0.25, 0.3) is 0 Å². The molecule has 3 rings (SSSR count). The van der Waals surface area contributed by atoms with Gasteiger partial charge in [-0.2, -0.15) is 0 Å². The molecule has 1 aromatic carbocycles. The first-order chi connectivity index (χ1) is 12.7. The topological polar surface area (TPSA) is 40.1 Å². The van der Waals surface area contributed by atoms with Gasteiger partial charge >= 0.3 is 0 Å². The Kier molecular flexibility index (Phi) is 6.56. The van der Waals surface area contributed by atoms with Crippen molar-refractivity contribution in [1.82, 2.24) is 15.1 Å². The highest BCUT2D eigenvalue weighted by Gasteiger charge is 2.29. The first-order valence-corrected chi connectivity index (χ1v) is 9.77. The van der Waals surface area contributed by atoms with Crippen molar-refractivity contribution in [3.05, 3.63) is 41.5 Å². The Labute approximate surface area is 157 Å². The van der Waals surface area contributed by atoms with Gasteiger partial charge in [0.1, 0.15) is 5.75 Å². The van der Waals surface area contributed by atoms with Gasteiger partial charge in [-0.3, -0.25) is 9.89 Å². The van der Waals surface area contributed by atoms with Gasteiger partial charge in [-0.05, 0) is 43.9 Å². The lowest BCUT2D eigenvalue weighted by molar-refractivity contribution is 0.259. The SMILES string of the molecule is CCNC(=NCCc1ccc(C)c(OC)c1)N1CCC(N2CC=CC2)C1. The molecular weight excluding hydrogens is 324 g/mol. The average molecular weight is 357 g/mol. The minimum absolute atomic E-state index is 0.648. The van der Waals surface area contributed by atoms with Crippen LogP contribution in [0.5, 0.6) is 5.75 Å². The molecule has 2 aliphatic heterocycles. The number of hydrogen-bond donors (Lipinski definition) is 1. The lowest BCUT2D eigenvalue weighted by Crippen LogP contribution is -2.43. The van der Waals surface area contributed by atoms with Gasteiger partial charge in [0.15, 0.2) is 5.96 Å². The van der Waals surface area contributed by atoms with E-state index in [-0.39, 0.29) is 0 Å². The zero-order valence-electron chi connectivity index (χ0n) is 16.4. The second-order valence-corrected chi connectivity index (χ2v) is 7.10. The van der Waals surface area contributed by atoms with E-state index in [0.717, 1.165) is 57.4 Å². The van der Waals surface area contributed by atoms with Crippen molar-refractivity contribution in [2.24, 2.45) is 4.99 Å². The van der Waals surface area contributed by atoms with Crippen LogP contribution in [0.3, 0.4) is 0 Å². The van der Waals surface area contributed by atoms with Crippen molar-refractivity contribution in [2.45, 2.75) is 32.7 Å². The number of likely N-dealkylation sites (tertiary alicyclic amines) is 1. The van der Waals surface area contributed by atoms with Crippen LogP contribution in [0.1, 0.15) is 24.5 Å². The molecule has 0 amide bonds. The van der Waals surface area contributed by atoms with Gasteiger partial charge in [0.2, 0.25) is 0 Å². The Hall–Kier alpha value is -2.01. The highest BCUT2D eigenvalue weighted by Crippen LogP contribution is 2.20. The molecule has 0 aromatic heterocycles. The van der Waals surface area contributed by atoms with Gasteiger partial charge in [0.05, 0.1) is 7.11 Å². The second-order valence-electron chi connectivity index (χ2n) is 7.10. The molecular formula is C21H32N4O. The third-order valence-corrected chi connectivity index (χ3v) is 5.30. The number of methoxy groups -OCH3 is 1. The molecule has 1 N–H and O–H groups in total. The molecule has 5 nitrogen and oxygen atoms in total. The predicted molar refractivity (Wildman–Crippen MR) is 108 cm³/mol. The van der Waals surface area contributed by atoms with Crippen molar-refractivity contribution < 1.29 is 4.74 Å². The average Bonchev–Trinajstić information content (AvgIpc) is 3.34. The number of hydrogen-bond acceptors (Lipinski definition) is 3. The first-order valence-electron chi connectivity index (χ1n) is 9.77. The van der Waals surface area contributed by atoms with Crippen LogP contribution in [0.2, 0.25) is 0 Å². The Morgan fingerprint density at radius 3 is 2.85 bits per heavy atom. The van der Waals surface area contributed by atoms with Crippen molar-refractivity contribution in [1.29, 1.82) is 0 Å². The smallest absolute Gasteiger partial charge is 0.193 e. The fourth-order valence-electron chi connectivity index (χ4n) is 3.76. The van der Waals surface area contributed by atoms with Crippen LogP contribution in [0, 0.1) is 6.92 Å². The van der Waals surface area contributed by atoms with Crippen molar-refractivity contribution in [2.75, 3.05) is 46.4 Å². The number of guanidine groups is 1. The van der Waals surface area contributed by atoms with E-state index in [1.165, 1.54) is 17.5 Å². The summed E-state index contributed by atoms with van der Waals surface area (Å²) in [5.74, 6) is 2.02. The third kappa shape index (κ3) is 4.58. The van der Waals surface area contributed by atoms with Crippen LogP contribution >= 0.6 is 0 Å². The summed E-state index contributed by atoms with van der Waals surface area (Å²) < 4.78 is 5.43. The molecule has 0 bridgehead atoms. The molecule has 0 radical (unpaired) electrons. The Morgan fingerprint density at radius 2 is 2.12 bits per heavy atom. The molecule has 1 saturated heterocycles. The Balaban J connectivity index is 1.57. The summed E-state index contributed by atoms with van der Waals surface area (Å²) in [7, 11) is 1.73. The van der Waals surface area contributed by atoms with Gasteiger partial charge < -0.3 is 15.0 Å².